The van der Waals surface area contributed by atoms with Gasteiger partial charge in [0, 0.05) is 5.02 Å². The van der Waals surface area contributed by atoms with Gasteiger partial charge in [-0.25, -0.2) is 17.9 Å². The zero-order chi connectivity index (χ0) is 17.0. The molecule has 0 heterocycles. The lowest BCUT2D eigenvalue weighted by Crippen LogP contribution is -2.31. The molecule has 2 rings (SSSR count). The maximum atomic E-state index is 12.0. The summed E-state index contributed by atoms with van der Waals surface area (Å²) in [6, 6.07) is 12.8. The number of benzene rings is 2. The highest BCUT2D eigenvalue weighted by Gasteiger charge is 2.21. The van der Waals surface area contributed by atoms with Gasteiger partial charge in [0.15, 0.2) is 0 Å². The molecule has 2 aromatic rings. The molecule has 0 spiro atoms. The average Bonchev–Trinajstić information content (AvgIpc) is 2.50. The molecule has 23 heavy (non-hydrogen) atoms. The summed E-state index contributed by atoms with van der Waals surface area (Å²) in [5, 5.41) is 0.512. The molecule has 0 bridgehead atoms. The number of aryl methyl sites for hydroxylation is 1. The van der Waals surface area contributed by atoms with Gasteiger partial charge in [-0.15, -0.1) is 0 Å². The Bertz CT molecular complexity index is 806. The van der Waals surface area contributed by atoms with E-state index in [0.29, 0.717) is 10.6 Å². The van der Waals surface area contributed by atoms with E-state index in [9.17, 15) is 13.2 Å². The summed E-state index contributed by atoms with van der Waals surface area (Å²) in [5.41, 5.74) is 1.60. The first-order chi connectivity index (χ1) is 10.8. The molecule has 1 unspecified atom stereocenters. The fourth-order valence-corrected chi connectivity index (χ4v) is 3.15. The minimum Gasteiger partial charge on any atom is -0.441 e. The number of halogens is 1. The lowest BCUT2D eigenvalue weighted by molar-refractivity contribution is 0.112. The van der Waals surface area contributed by atoms with Gasteiger partial charge in [0.05, 0.1) is 4.90 Å². The number of amides is 1. The fourth-order valence-electron chi connectivity index (χ4n) is 2.07. The van der Waals surface area contributed by atoms with Crippen LogP contribution in [-0.2, 0) is 14.8 Å². The van der Waals surface area contributed by atoms with Crippen LogP contribution in [0.15, 0.2) is 53.4 Å². The smallest absolute Gasteiger partial charge is 0.421 e. The number of ether oxygens (including phenoxy) is 1. The second-order valence-corrected chi connectivity index (χ2v) is 7.09. The lowest BCUT2D eigenvalue weighted by atomic mass is 10.0. The molecule has 0 fully saturated rings. The molecule has 0 saturated carbocycles. The lowest BCUT2D eigenvalue weighted by Gasteiger charge is -2.16. The van der Waals surface area contributed by atoms with E-state index >= 15 is 0 Å². The summed E-state index contributed by atoms with van der Waals surface area (Å²) in [4.78, 5) is 11.9. The summed E-state index contributed by atoms with van der Waals surface area (Å²) >= 11 is 5.93. The predicted molar refractivity (Wildman–Crippen MR) is 87.8 cm³/mol. The number of hydrogen-bond acceptors (Lipinski definition) is 4. The molecule has 0 aliphatic carbocycles. The zero-order valence-corrected chi connectivity index (χ0v) is 14.2. The molecule has 1 atom stereocenters. The normalized spacial score (nSPS) is 12.5. The van der Waals surface area contributed by atoms with E-state index < -0.39 is 22.2 Å². The van der Waals surface area contributed by atoms with Gasteiger partial charge < -0.3 is 4.74 Å². The molecule has 2 aromatic carbocycles. The van der Waals surface area contributed by atoms with Gasteiger partial charge >= 0.3 is 6.09 Å². The van der Waals surface area contributed by atoms with Crippen molar-refractivity contribution in [1.29, 1.82) is 0 Å². The van der Waals surface area contributed by atoms with Gasteiger partial charge in [0.1, 0.15) is 6.10 Å². The molecule has 7 heteroatoms. The van der Waals surface area contributed by atoms with E-state index in [1.54, 1.807) is 43.3 Å². The summed E-state index contributed by atoms with van der Waals surface area (Å²) in [7, 11) is -3.96. The minimum atomic E-state index is -3.96. The maximum absolute atomic E-state index is 12.0. The van der Waals surface area contributed by atoms with Crippen molar-refractivity contribution in [2.24, 2.45) is 0 Å². The fraction of sp³-hybridized carbons (Fsp3) is 0.188. The first kappa shape index (κ1) is 17.3. The number of rotatable bonds is 4. The highest BCUT2D eigenvalue weighted by molar-refractivity contribution is 7.90. The number of carbonyl (C=O) groups excluding carboxylic acids is 1. The van der Waals surface area contributed by atoms with Crippen molar-refractivity contribution in [3.05, 3.63) is 64.7 Å². The van der Waals surface area contributed by atoms with Crippen molar-refractivity contribution in [1.82, 2.24) is 4.72 Å². The Morgan fingerprint density at radius 1 is 1.17 bits per heavy atom. The van der Waals surface area contributed by atoms with Crippen molar-refractivity contribution in [2.75, 3.05) is 0 Å². The summed E-state index contributed by atoms with van der Waals surface area (Å²) in [5.74, 6) is 0. The Morgan fingerprint density at radius 2 is 1.83 bits per heavy atom. The Kier molecular flexibility index (Phi) is 5.28. The van der Waals surface area contributed by atoms with Gasteiger partial charge in [-0.2, -0.15) is 0 Å². The molecular weight excluding hydrogens is 338 g/mol. The van der Waals surface area contributed by atoms with Crippen LogP contribution >= 0.6 is 11.6 Å². The van der Waals surface area contributed by atoms with E-state index in [0.717, 1.165) is 5.56 Å². The number of hydrogen-bond donors (Lipinski definition) is 1. The molecule has 122 valence electrons. The van der Waals surface area contributed by atoms with Gasteiger partial charge in [-0.1, -0.05) is 35.9 Å². The molecule has 0 aliphatic heterocycles. The van der Waals surface area contributed by atoms with E-state index in [1.807, 2.05) is 11.6 Å². The van der Waals surface area contributed by atoms with E-state index in [-0.39, 0.29) is 4.90 Å². The van der Waals surface area contributed by atoms with Crippen LogP contribution in [0.5, 0.6) is 0 Å². The quantitative estimate of drug-likeness (QED) is 0.906. The van der Waals surface area contributed by atoms with Crippen molar-refractivity contribution < 1.29 is 17.9 Å². The number of carbonyl (C=O) groups is 1. The van der Waals surface area contributed by atoms with E-state index in [4.69, 9.17) is 16.3 Å². The second-order valence-electron chi connectivity index (χ2n) is 4.97. The summed E-state index contributed by atoms with van der Waals surface area (Å²) in [6.45, 7) is 3.50. The van der Waals surface area contributed by atoms with Crippen LogP contribution in [0, 0.1) is 6.92 Å². The molecule has 0 aromatic heterocycles. The van der Waals surface area contributed by atoms with Crippen LogP contribution in [-0.4, -0.2) is 14.5 Å². The van der Waals surface area contributed by atoms with Crippen LogP contribution in [0.2, 0.25) is 5.02 Å². The predicted octanol–water partition coefficient (Wildman–Crippen LogP) is 3.82. The third-order valence-corrected chi connectivity index (χ3v) is 4.80. The summed E-state index contributed by atoms with van der Waals surface area (Å²) < 4.78 is 31.1. The third-order valence-electron chi connectivity index (χ3n) is 3.23. The van der Waals surface area contributed by atoms with Gasteiger partial charge in [0.2, 0.25) is 0 Å². The van der Waals surface area contributed by atoms with Crippen molar-refractivity contribution in [3.63, 3.8) is 0 Å². The van der Waals surface area contributed by atoms with Crippen molar-refractivity contribution in [2.45, 2.75) is 24.8 Å². The first-order valence-electron chi connectivity index (χ1n) is 6.84. The van der Waals surface area contributed by atoms with Crippen LogP contribution in [0.4, 0.5) is 4.79 Å². The molecule has 0 aliphatic rings. The van der Waals surface area contributed by atoms with Crippen LogP contribution in [0.1, 0.15) is 24.2 Å². The maximum Gasteiger partial charge on any atom is 0.421 e. The number of sulfonamides is 1. The molecule has 0 radical (unpaired) electrons. The molecule has 1 amide bonds. The second kappa shape index (κ2) is 7.02. The van der Waals surface area contributed by atoms with Crippen LogP contribution < -0.4 is 4.72 Å². The third kappa shape index (κ3) is 4.46. The van der Waals surface area contributed by atoms with Gasteiger partial charge in [0.25, 0.3) is 10.0 Å². The monoisotopic (exact) mass is 353 g/mol. The van der Waals surface area contributed by atoms with Crippen molar-refractivity contribution >= 4 is 27.7 Å². The van der Waals surface area contributed by atoms with E-state index in [2.05, 4.69) is 0 Å². The largest absolute Gasteiger partial charge is 0.441 e. The SMILES string of the molecule is Cc1ccc(Cl)cc1C(C)OC(=O)NS(=O)(=O)c1ccccc1. The van der Waals surface area contributed by atoms with E-state index in [1.165, 1.54) is 12.1 Å². The Labute approximate surface area is 140 Å². The minimum absolute atomic E-state index is 0.0106. The Hall–Kier alpha value is -2.05. The summed E-state index contributed by atoms with van der Waals surface area (Å²) in [6.07, 6.45) is -1.68. The molecule has 0 saturated heterocycles. The van der Waals surface area contributed by atoms with Gasteiger partial charge in [-0.05, 0) is 49.2 Å². The first-order valence-corrected chi connectivity index (χ1v) is 8.70. The van der Waals surface area contributed by atoms with Crippen LogP contribution in [0.3, 0.4) is 0 Å². The standard InChI is InChI=1S/C16H16ClNO4S/c1-11-8-9-13(17)10-15(11)12(2)22-16(19)18-23(20,21)14-6-4-3-5-7-14/h3-10,12H,1-2H3,(H,18,19). The topological polar surface area (TPSA) is 72.5 Å². The Morgan fingerprint density at radius 3 is 2.48 bits per heavy atom. The molecule has 1 N–H and O–H groups in total. The molecule has 5 nitrogen and oxygen atoms in total. The molecular formula is C16H16ClNO4S. The Balaban J connectivity index is 2.09. The zero-order valence-electron chi connectivity index (χ0n) is 12.6. The highest BCUT2D eigenvalue weighted by Crippen LogP contribution is 2.24. The van der Waals surface area contributed by atoms with Crippen LogP contribution in [0.25, 0.3) is 0 Å². The van der Waals surface area contributed by atoms with Crippen molar-refractivity contribution in [3.8, 4) is 0 Å². The highest BCUT2D eigenvalue weighted by atomic mass is 35.5. The average molecular weight is 354 g/mol. The van der Waals surface area contributed by atoms with Gasteiger partial charge in [-0.3, -0.25) is 0 Å². The number of nitrogens with one attached hydrogen (secondary N) is 1.